The van der Waals surface area contributed by atoms with E-state index in [4.69, 9.17) is 9.72 Å². The average Bonchev–Trinajstić information content (AvgIpc) is 3.33. The van der Waals surface area contributed by atoms with Crippen molar-refractivity contribution in [1.29, 1.82) is 0 Å². The summed E-state index contributed by atoms with van der Waals surface area (Å²) >= 11 is 0. The molecule has 28 heavy (non-hydrogen) atoms. The number of Topliss-reactive ketones (excluding diaryl/α,β-unsaturated/α-hetero) is 1. The zero-order valence-corrected chi connectivity index (χ0v) is 16.8. The first-order valence-electron chi connectivity index (χ1n) is 9.64. The van der Waals surface area contributed by atoms with E-state index in [2.05, 4.69) is 27.0 Å². The third kappa shape index (κ3) is 3.40. The molecule has 0 bridgehead atoms. The van der Waals surface area contributed by atoms with Crippen LogP contribution in [0.15, 0.2) is 36.7 Å². The maximum Gasteiger partial charge on any atom is 0.171 e. The van der Waals surface area contributed by atoms with Gasteiger partial charge in [-0.1, -0.05) is 32.9 Å². The molecular formula is C22H26N4O2. The maximum atomic E-state index is 12.8. The van der Waals surface area contributed by atoms with E-state index < -0.39 is 5.41 Å². The topological polar surface area (TPSA) is 71.1 Å². The Balaban J connectivity index is 1.70. The zero-order valence-electron chi connectivity index (χ0n) is 16.8. The standard InChI is InChI=1S/C22H26N4O2/c1-22(2,3)20(27)17-11-23-21-19(17)25-18(12-24-21)14-6-5-7-15(10-14)26-9-8-16(13-26)28-4/h5-7,10-12,16H,8-9,13H2,1-4H3,(H,23,24). The van der Waals surface area contributed by atoms with Gasteiger partial charge in [0.1, 0.15) is 5.52 Å². The van der Waals surface area contributed by atoms with E-state index in [9.17, 15) is 4.79 Å². The molecule has 0 aliphatic carbocycles. The van der Waals surface area contributed by atoms with Crippen molar-refractivity contribution in [2.24, 2.45) is 5.41 Å². The lowest BCUT2D eigenvalue weighted by atomic mass is 9.87. The van der Waals surface area contributed by atoms with Crippen molar-refractivity contribution in [2.45, 2.75) is 33.3 Å². The summed E-state index contributed by atoms with van der Waals surface area (Å²) in [6, 6.07) is 8.31. The predicted octanol–water partition coefficient (Wildman–Crippen LogP) is 4.08. The molecule has 1 N–H and O–H groups in total. The van der Waals surface area contributed by atoms with Crippen molar-refractivity contribution in [1.82, 2.24) is 15.0 Å². The minimum Gasteiger partial charge on any atom is -0.380 e. The molecule has 1 aromatic carbocycles. The number of hydrogen-bond acceptors (Lipinski definition) is 5. The third-order valence-corrected chi connectivity index (χ3v) is 5.29. The Hall–Kier alpha value is -2.73. The molecule has 0 radical (unpaired) electrons. The number of H-pyrrole nitrogens is 1. The number of carbonyl (C=O) groups excluding carboxylic acids is 1. The molecule has 0 saturated carbocycles. The van der Waals surface area contributed by atoms with Gasteiger partial charge >= 0.3 is 0 Å². The van der Waals surface area contributed by atoms with Gasteiger partial charge in [-0.2, -0.15) is 0 Å². The number of carbonyl (C=O) groups is 1. The van der Waals surface area contributed by atoms with Crippen LogP contribution in [0.1, 0.15) is 37.6 Å². The maximum absolute atomic E-state index is 12.8. The van der Waals surface area contributed by atoms with Crippen molar-refractivity contribution >= 4 is 22.6 Å². The first-order chi connectivity index (χ1) is 13.4. The minimum absolute atomic E-state index is 0.0571. The smallest absolute Gasteiger partial charge is 0.171 e. The van der Waals surface area contributed by atoms with E-state index >= 15 is 0 Å². The third-order valence-electron chi connectivity index (χ3n) is 5.29. The summed E-state index contributed by atoms with van der Waals surface area (Å²) in [6.07, 6.45) is 4.79. The highest BCUT2D eigenvalue weighted by atomic mass is 16.5. The quantitative estimate of drug-likeness (QED) is 0.693. The number of methoxy groups -OCH3 is 1. The molecule has 3 heterocycles. The van der Waals surface area contributed by atoms with Crippen LogP contribution >= 0.6 is 0 Å². The summed E-state index contributed by atoms with van der Waals surface area (Å²) in [5.41, 5.74) is 4.29. The van der Waals surface area contributed by atoms with Crippen LogP contribution in [0, 0.1) is 5.41 Å². The van der Waals surface area contributed by atoms with Crippen LogP contribution in [-0.2, 0) is 4.74 Å². The first kappa shape index (κ1) is 18.6. The van der Waals surface area contributed by atoms with E-state index in [1.54, 1.807) is 19.5 Å². The summed E-state index contributed by atoms with van der Waals surface area (Å²) in [5.74, 6) is 0.0571. The lowest BCUT2D eigenvalue weighted by Crippen LogP contribution is -2.22. The average molecular weight is 378 g/mol. The zero-order chi connectivity index (χ0) is 19.9. The number of nitrogens with zero attached hydrogens (tertiary/aromatic N) is 3. The molecule has 1 atom stereocenters. The second-order valence-corrected chi connectivity index (χ2v) is 8.38. The Bertz CT molecular complexity index is 1020. The van der Waals surface area contributed by atoms with Crippen LogP contribution in [0.4, 0.5) is 5.69 Å². The van der Waals surface area contributed by atoms with Gasteiger partial charge in [0, 0.05) is 43.1 Å². The lowest BCUT2D eigenvalue weighted by molar-refractivity contribution is 0.0860. The van der Waals surface area contributed by atoms with Gasteiger partial charge in [0.2, 0.25) is 0 Å². The number of ether oxygens (including phenoxy) is 1. The highest BCUT2D eigenvalue weighted by Crippen LogP contribution is 2.29. The highest BCUT2D eigenvalue weighted by Gasteiger charge is 2.27. The van der Waals surface area contributed by atoms with Crippen molar-refractivity contribution < 1.29 is 9.53 Å². The van der Waals surface area contributed by atoms with Gasteiger partial charge in [0.05, 0.1) is 23.6 Å². The van der Waals surface area contributed by atoms with Crippen LogP contribution in [0.2, 0.25) is 0 Å². The number of ketones is 1. The summed E-state index contributed by atoms with van der Waals surface area (Å²) in [7, 11) is 1.77. The molecule has 6 heteroatoms. The summed E-state index contributed by atoms with van der Waals surface area (Å²) in [4.78, 5) is 27.4. The summed E-state index contributed by atoms with van der Waals surface area (Å²) < 4.78 is 5.48. The monoisotopic (exact) mass is 378 g/mol. The van der Waals surface area contributed by atoms with E-state index in [1.807, 2.05) is 32.9 Å². The number of rotatable bonds is 4. The normalized spacial score (nSPS) is 17.4. The number of benzene rings is 1. The molecular weight excluding hydrogens is 352 g/mol. The van der Waals surface area contributed by atoms with Crippen LogP contribution in [-0.4, -0.2) is 47.0 Å². The molecule has 1 aliphatic heterocycles. The molecule has 3 aromatic rings. The molecule has 0 spiro atoms. The molecule has 1 saturated heterocycles. The largest absolute Gasteiger partial charge is 0.380 e. The number of nitrogens with one attached hydrogen (secondary N) is 1. The lowest BCUT2D eigenvalue weighted by Gasteiger charge is -2.19. The number of hydrogen-bond donors (Lipinski definition) is 1. The molecule has 1 unspecified atom stereocenters. The molecule has 2 aromatic heterocycles. The second-order valence-electron chi connectivity index (χ2n) is 8.38. The number of fused-ring (bicyclic) bond motifs is 1. The van der Waals surface area contributed by atoms with Gasteiger partial charge in [-0.15, -0.1) is 0 Å². The van der Waals surface area contributed by atoms with Gasteiger partial charge in [-0.05, 0) is 18.6 Å². The van der Waals surface area contributed by atoms with Crippen molar-refractivity contribution in [2.75, 3.05) is 25.1 Å². The number of aromatic amines is 1. The van der Waals surface area contributed by atoms with Crippen molar-refractivity contribution in [3.63, 3.8) is 0 Å². The van der Waals surface area contributed by atoms with E-state index in [0.29, 0.717) is 16.7 Å². The minimum atomic E-state index is -0.472. The molecule has 146 valence electrons. The van der Waals surface area contributed by atoms with Gasteiger partial charge in [0.15, 0.2) is 11.4 Å². The molecule has 4 rings (SSSR count). The first-order valence-corrected chi connectivity index (χ1v) is 9.64. The van der Waals surface area contributed by atoms with Crippen LogP contribution < -0.4 is 4.90 Å². The van der Waals surface area contributed by atoms with Crippen LogP contribution in [0.25, 0.3) is 22.4 Å². The SMILES string of the molecule is COC1CCN(c2cccc(-c3cnc4[nH]cc(C(=O)C(C)(C)C)c4n3)c2)C1. The van der Waals surface area contributed by atoms with Gasteiger partial charge in [-0.25, -0.2) is 9.97 Å². The molecule has 1 fully saturated rings. The molecule has 1 aliphatic rings. The Morgan fingerprint density at radius 2 is 2.14 bits per heavy atom. The predicted molar refractivity (Wildman–Crippen MR) is 111 cm³/mol. The van der Waals surface area contributed by atoms with Crippen LogP contribution in [0.5, 0.6) is 0 Å². The fourth-order valence-corrected chi connectivity index (χ4v) is 3.62. The van der Waals surface area contributed by atoms with Gasteiger partial charge < -0.3 is 14.6 Å². The second kappa shape index (κ2) is 7.02. The summed E-state index contributed by atoms with van der Waals surface area (Å²) in [6.45, 7) is 7.62. The van der Waals surface area contributed by atoms with Gasteiger partial charge in [-0.3, -0.25) is 4.79 Å². The Kier molecular flexibility index (Phi) is 4.67. The van der Waals surface area contributed by atoms with Gasteiger partial charge in [0.25, 0.3) is 0 Å². The van der Waals surface area contributed by atoms with Crippen molar-refractivity contribution in [3.8, 4) is 11.3 Å². The number of aromatic nitrogens is 3. The fourth-order valence-electron chi connectivity index (χ4n) is 3.62. The van der Waals surface area contributed by atoms with E-state index in [0.717, 1.165) is 36.5 Å². The Morgan fingerprint density at radius 3 is 2.86 bits per heavy atom. The molecule has 6 nitrogen and oxygen atoms in total. The summed E-state index contributed by atoms with van der Waals surface area (Å²) in [5, 5.41) is 0. The Labute approximate surface area is 164 Å². The van der Waals surface area contributed by atoms with E-state index in [1.165, 1.54) is 0 Å². The van der Waals surface area contributed by atoms with Crippen molar-refractivity contribution in [3.05, 3.63) is 42.2 Å². The van der Waals surface area contributed by atoms with E-state index in [-0.39, 0.29) is 11.9 Å². The fraction of sp³-hybridized carbons (Fsp3) is 0.409. The number of anilines is 1. The Morgan fingerprint density at radius 1 is 1.32 bits per heavy atom. The molecule has 0 amide bonds. The highest BCUT2D eigenvalue weighted by molar-refractivity contribution is 6.08. The van der Waals surface area contributed by atoms with Crippen LogP contribution in [0.3, 0.4) is 0 Å².